The highest BCUT2D eigenvalue weighted by Gasteiger charge is 2.40. The van der Waals surface area contributed by atoms with Crippen molar-refractivity contribution in [1.82, 2.24) is 15.0 Å². The first-order valence-corrected chi connectivity index (χ1v) is 10.7. The van der Waals surface area contributed by atoms with E-state index in [-0.39, 0.29) is 12.2 Å². The molecule has 0 fully saturated rings. The van der Waals surface area contributed by atoms with E-state index in [0.717, 1.165) is 28.1 Å². The zero-order valence-electron chi connectivity index (χ0n) is 17.4. The van der Waals surface area contributed by atoms with Crippen molar-refractivity contribution in [2.24, 2.45) is 4.99 Å². The molecular weight excluding hydrogens is 394 g/mol. The van der Waals surface area contributed by atoms with Gasteiger partial charge in [-0.15, -0.1) is 5.10 Å². The lowest BCUT2D eigenvalue weighted by atomic mass is 10.0. The summed E-state index contributed by atoms with van der Waals surface area (Å²) in [6.45, 7) is 0. The number of para-hydroxylation sites is 2. The van der Waals surface area contributed by atoms with E-state index in [9.17, 15) is 0 Å². The molecule has 0 aliphatic carbocycles. The van der Waals surface area contributed by atoms with Gasteiger partial charge in [-0.05, 0) is 29.8 Å². The van der Waals surface area contributed by atoms with Crippen LogP contribution in [0.4, 0.5) is 5.69 Å². The second-order valence-corrected chi connectivity index (χ2v) is 7.82. The van der Waals surface area contributed by atoms with E-state index in [1.807, 2.05) is 41.1 Å². The molecule has 32 heavy (non-hydrogen) atoms. The van der Waals surface area contributed by atoms with Gasteiger partial charge in [0.15, 0.2) is 6.17 Å². The quantitative estimate of drug-likeness (QED) is 0.382. The zero-order valence-corrected chi connectivity index (χ0v) is 17.4. The molecule has 0 radical (unpaired) electrons. The minimum Gasteiger partial charge on any atom is -0.314 e. The lowest BCUT2D eigenvalue weighted by Gasteiger charge is -2.31. The molecule has 1 aromatic heterocycles. The highest BCUT2D eigenvalue weighted by Crippen LogP contribution is 2.43. The number of aliphatic imine (C=N–C) groups is 1. The van der Waals surface area contributed by atoms with E-state index in [0.29, 0.717) is 0 Å². The van der Waals surface area contributed by atoms with Gasteiger partial charge in [-0.25, -0.2) is 9.67 Å². The Kier molecular flexibility index (Phi) is 4.50. The Morgan fingerprint density at radius 2 is 1.25 bits per heavy atom. The van der Waals surface area contributed by atoms with Crippen molar-refractivity contribution in [3.8, 4) is 0 Å². The summed E-state index contributed by atoms with van der Waals surface area (Å²) in [6, 6.07) is 39.3. The summed E-state index contributed by atoms with van der Waals surface area (Å²) in [7, 11) is 0. The molecule has 0 amide bonds. The van der Waals surface area contributed by atoms with Crippen LogP contribution in [0.25, 0.3) is 11.0 Å². The summed E-state index contributed by atoms with van der Waals surface area (Å²) < 4.78 is 1.96. The summed E-state index contributed by atoms with van der Waals surface area (Å²) in [5, 5.41) is 8.95. The van der Waals surface area contributed by atoms with Crippen molar-refractivity contribution >= 4 is 22.6 Å². The largest absolute Gasteiger partial charge is 0.314 e. The maximum Gasteiger partial charge on any atom is 0.171 e. The molecular formula is C27H21N5. The average molecular weight is 416 g/mol. The molecule has 2 atom stereocenters. The maximum absolute atomic E-state index is 5.27. The molecule has 0 saturated heterocycles. The number of aromatic nitrogens is 3. The van der Waals surface area contributed by atoms with E-state index in [4.69, 9.17) is 4.99 Å². The van der Waals surface area contributed by atoms with Gasteiger partial charge in [0.2, 0.25) is 0 Å². The normalized spacial score (nSPS) is 18.1. The van der Waals surface area contributed by atoms with Crippen LogP contribution in [0.15, 0.2) is 120 Å². The monoisotopic (exact) mass is 415 g/mol. The standard InChI is InChI=1S/C27H21N5/c1-4-12-20(13-5-1)25-27(32-24-19-11-10-18-23(24)29-30-32)28-26(21-14-6-2-7-15-21)31(25)22-16-8-3-9-17-22/h1-19,25,27H. The van der Waals surface area contributed by atoms with Crippen LogP contribution in [0.2, 0.25) is 0 Å². The minimum absolute atomic E-state index is 0.0705. The first-order valence-electron chi connectivity index (χ1n) is 10.7. The van der Waals surface area contributed by atoms with Gasteiger partial charge in [0.1, 0.15) is 17.4 Å². The Morgan fingerprint density at radius 1 is 0.625 bits per heavy atom. The number of hydrogen-bond donors (Lipinski definition) is 0. The first kappa shape index (κ1) is 18.5. The molecule has 1 aliphatic heterocycles. The molecule has 154 valence electrons. The predicted molar refractivity (Wildman–Crippen MR) is 128 cm³/mol. The molecule has 0 N–H and O–H groups in total. The number of rotatable bonds is 4. The van der Waals surface area contributed by atoms with Crippen LogP contribution in [-0.2, 0) is 0 Å². The summed E-state index contributed by atoms with van der Waals surface area (Å²) in [4.78, 5) is 7.59. The van der Waals surface area contributed by atoms with Crippen molar-refractivity contribution in [2.45, 2.75) is 12.2 Å². The summed E-state index contributed by atoms with van der Waals surface area (Å²) >= 11 is 0. The Bertz CT molecular complexity index is 1380. The van der Waals surface area contributed by atoms with Crippen molar-refractivity contribution in [3.63, 3.8) is 0 Å². The van der Waals surface area contributed by atoms with E-state index >= 15 is 0 Å². The van der Waals surface area contributed by atoms with Gasteiger partial charge in [-0.2, -0.15) is 0 Å². The molecule has 0 bridgehead atoms. The maximum atomic E-state index is 5.27. The third kappa shape index (κ3) is 3.06. The molecule has 2 unspecified atom stereocenters. The fourth-order valence-electron chi connectivity index (χ4n) is 4.44. The molecule has 5 aromatic rings. The molecule has 2 heterocycles. The fraction of sp³-hybridized carbons (Fsp3) is 0.0741. The molecule has 5 nitrogen and oxygen atoms in total. The third-order valence-electron chi connectivity index (χ3n) is 5.88. The van der Waals surface area contributed by atoms with Crippen molar-refractivity contribution < 1.29 is 0 Å². The van der Waals surface area contributed by atoms with Crippen LogP contribution < -0.4 is 4.90 Å². The second-order valence-electron chi connectivity index (χ2n) is 7.82. The minimum atomic E-state index is -0.264. The molecule has 1 aliphatic rings. The van der Waals surface area contributed by atoms with Gasteiger partial charge in [0.25, 0.3) is 0 Å². The molecule has 6 rings (SSSR count). The molecule has 0 saturated carbocycles. The van der Waals surface area contributed by atoms with E-state index in [2.05, 4.69) is 94.1 Å². The molecule has 0 spiro atoms. The number of fused-ring (bicyclic) bond motifs is 1. The lowest BCUT2D eigenvalue weighted by Crippen LogP contribution is -2.33. The Balaban J connectivity index is 1.60. The summed E-state index contributed by atoms with van der Waals surface area (Å²) in [5.41, 5.74) is 5.19. The zero-order chi connectivity index (χ0) is 21.3. The second kappa shape index (κ2) is 7.78. The first-order chi connectivity index (χ1) is 15.9. The van der Waals surface area contributed by atoms with Gasteiger partial charge in [-0.3, -0.25) is 0 Å². The highest BCUT2D eigenvalue weighted by molar-refractivity contribution is 6.11. The smallest absolute Gasteiger partial charge is 0.171 e. The molecule has 5 heteroatoms. The Hall–Kier alpha value is -4.25. The topological polar surface area (TPSA) is 46.3 Å². The van der Waals surface area contributed by atoms with Crippen LogP contribution in [0.5, 0.6) is 0 Å². The van der Waals surface area contributed by atoms with Gasteiger partial charge in [0.05, 0.1) is 5.52 Å². The average Bonchev–Trinajstić information content (AvgIpc) is 3.47. The third-order valence-corrected chi connectivity index (χ3v) is 5.88. The Morgan fingerprint density at radius 3 is 2.00 bits per heavy atom. The van der Waals surface area contributed by atoms with Gasteiger partial charge in [0, 0.05) is 11.3 Å². The predicted octanol–water partition coefficient (Wildman–Crippen LogP) is 5.64. The van der Waals surface area contributed by atoms with Crippen LogP contribution in [0.3, 0.4) is 0 Å². The number of anilines is 1. The van der Waals surface area contributed by atoms with Gasteiger partial charge in [-0.1, -0.05) is 96.2 Å². The summed E-state index contributed by atoms with van der Waals surface area (Å²) in [6.07, 6.45) is -0.264. The Labute approximate surface area is 186 Å². The van der Waals surface area contributed by atoms with Gasteiger partial charge < -0.3 is 4.90 Å². The van der Waals surface area contributed by atoms with Crippen LogP contribution in [0, 0.1) is 0 Å². The number of nitrogens with zero attached hydrogens (tertiary/aromatic N) is 5. The number of benzene rings is 4. The molecule has 4 aromatic carbocycles. The van der Waals surface area contributed by atoms with Gasteiger partial charge >= 0.3 is 0 Å². The van der Waals surface area contributed by atoms with Crippen LogP contribution >= 0.6 is 0 Å². The summed E-state index contributed by atoms with van der Waals surface area (Å²) in [5.74, 6) is 0.926. The van der Waals surface area contributed by atoms with E-state index < -0.39 is 0 Å². The van der Waals surface area contributed by atoms with Crippen LogP contribution in [0.1, 0.15) is 23.3 Å². The fourth-order valence-corrected chi connectivity index (χ4v) is 4.44. The van der Waals surface area contributed by atoms with Crippen molar-refractivity contribution in [3.05, 3.63) is 126 Å². The van der Waals surface area contributed by atoms with E-state index in [1.165, 1.54) is 5.56 Å². The number of hydrogen-bond acceptors (Lipinski definition) is 4. The lowest BCUT2D eigenvalue weighted by molar-refractivity contribution is 0.423. The number of amidine groups is 1. The highest BCUT2D eigenvalue weighted by atomic mass is 15.5. The van der Waals surface area contributed by atoms with Crippen molar-refractivity contribution in [1.29, 1.82) is 0 Å². The SMILES string of the molecule is c1ccc(C2=NC(n3nnc4ccccc43)C(c3ccccc3)N2c2ccccc2)cc1. The van der Waals surface area contributed by atoms with Crippen LogP contribution in [-0.4, -0.2) is 20.8 Å². The van der Waals surface area contributed by atoms with Crippen molar-refractivity contribution in [2.75, 3.05) is 4.90 Å². The van der Waals surface area contributed by atoms with E-state index in [1.54, 1.807) is 0 Å².